The smallest absolute Gasteiger partial charge is 0.417 e. The van der Waals surface area contributed by atoms with E-state index in [2.05, 4.69) is 0 Å². The molecule has 1 aromatic rings. The maximum atomic E-state index is 14.9. The van der Waals surface area contributed by atoms with Gasteiger partial charge in [0.15, 0.2) is 11.4 Å². The molecule has 3 unspecified atom stereocenters. The Morgan fingerprint density at radius 1 is 1.14 bits per heavy atom. The number of nitrogens with two attached hydrogens (primary N) is 1. The molecule has 6 aliphatic rings. The van der Waals surface area contributed by atoms with Crippen LogP contribution in [-0.2, 0) is 28.7 Å². The number of aliphatic hydroxyl groups excluding tert-OH is 2. The normalized spacial score (nSPS) is 37.3. The summed E-state index contributed by atoms with van der Waals surface area (Å²) in [5, 5.41) is 45.1. The lowest BCUT2D eigenvalue weighted by molar-refractivity contribution is -0.139. The number of ketones is 1. The van der Waals surface area contributed by atoms with Crippen molar-refractivity contribution in [2.24, 2.45) is 29.4 Å². The number of carbonyl (C=O) groups excluding carboxylic acids is 2. The third-order valence-electron chi connectivity index (χ3n) is 11.3. The number of Topliss-reactive ketones (excluding diaryl/α,β-unsaturated/α-hetero) is 1. The Kier molecular flexibility index (Phi) is 6.19. The monoisotopic (exact) mass is 619 g/mol. The topological polar surface area (TPSA) is 160 Å². The Balaban J connectivity index is 1.34. The highest BCUT2D eigenvalue weighted by atomic mass is 19.4. The second kappa shape index (κ2) is 9.21. The van der Waals surface area contributed by atoms with Gasteiger partial charge in [-0.1, -0.05) is 6.42 Å². The fourth-order valence-corrected chi connectivity index (χ4v) is 9.61. The van der Waals surface area contributed by atoms with E-state index >= 15 is 0 Å². The summed E-state index contributed by atoms with van der Waals surface area (Å²) in [6.45, 7) is -0.0553. The molecule has 8 atom stereocenters. The average molecular weight is 620 g/mol. The summed E-state index contributed by atoms with van der Waals surface area (Å²) >= 11 is 0. The van der Waals surface area contributed by atoms with Gasteiger partial charge in [-0.15, -0.1) is 0 Å². The van der Waals surface area contributed by atoms with Crippen LogP contribution in [0.1, 0.15) is 59.2 Å². The zero-order chi connectivity index (χ0) is 31.8. The van der Waals surface area contributed by atoms with E-state index in [0.717, 1.165) is 31.7 Å². The minimum Gasteiger partial charge on any atom is -0.510 e. The number of benzene rings is 1. The average Bonchev–Trinajstić information content (AvgIpc) is 3.18. The van der Waals surface area contributed by atoms with Gasteiger partial charge in [0.2, 0.25) is 5.79 Å². The third kappa shape index (κ3) is 3.69. The molecule has 1 spiro atoms. The minimum atomic E-state index is -4.84. The zero-order valence-electron chi connectivity index (χ0n) is 24.6. The number of alkyl halides is 3. The fourth-order valence-electron chi connectivity index (χ4n) is 9.61. The summed E-state index contributed by atoms with van der Waals surface area (Å²) in [7, 11) is 4.96. The van der Waals surface area contributed by atoms with Crippen molar-refractivity contribution in [1.82, 2.24) is 9.80 Å². The number of rotatable bonds is 5. The number of phenolic OH excluding ortho intramolecular Hbond substituents is 1. The molecule has 1 heterocycles. The molecule has 44 heavy (non-hydrogen) atoms. The molecule has 1 amide bonds. The lowest BCUT2D eigenvalue weighted by atomic mass is 9.60. The molecular formula is C31H36F3N3O7. The SMILES string of the molecule is CN(C)[C@@H]1C(O)=C(C(N)=O)C2(O)O[C@@]23C(O)=C2C(=O)c4c(O)cc(CN(C)[C@H]5CC6CCC5C6)c(C(F)(F)F)c4C[C@H]2C[C@@H]13. The van der Waals surface area contributed by atoms with E-state index in [9.17, 15) is 43.2 Å². The number of ether oxygens (including phenoxy) is 1. The van der Waals surface area contributed by atoms with Gasteiger partial charge in [0, 0.05) is 24.1 Å². The molecule has 13 heteroatoms. The second-order valence-corrected chi connectivity index (χ2v) is 13.8. The molecule has 2 bridgehead atoms. The van der Waals surface area contributed by atoms with Gasteiger partial charge in [-0.2, -0.15) is 13.2 Å². The number of carbonyl (C=O) groups is 2. The Morgan fingerprint density at radius 3 is 2.41 bits per heavy atom. The first-order valence-electron chi connectivity index (χ1n) is 15.0. The number of halogens is 3. The predicted molar refractivity (Wildman–Crippen MR) is 148 cm³/mol. The molecule has 5 aliphatic carbocycles. The Labute approximate surface area is 251 Å². The van der Waals surface area contributed by atoms with Crippen LogP contribution in [0.5, 0.6) is 5.75 Å². The van der Waals surface area contributed by atoms with Crippen molar-refractivity contribution in [3.8, 4) is 5.75 Å². The van der Waals surface area contributed by atoms with E-state index in [4.69, 9.17) is 10.5 Å². The van der Waals surface area contributed by atoms with Gasteiger partial charge < -0.3 is 30.9 Å². The highest BCUT2D eigenvalue weighted by Crippen LogP contribution is 2.68. The maximum Gasteiger partial charge on any atom is 0.417 e. The van der Waals surface area contributed by atoms with E-state index in [1.165, 1.54) is 4.90 Å². The first-order chi connectivity index (χ1) is 20.5. The summed E-state index contributed by atoms with van der Waals surface area (Å²) in [6.07, 6.45) is -1.03. The van der Waals surface area contributed by atoms with Crippen LogP contribution in [0.4, 0.5) is 13.2 Å². The Hall–Kier alpha value is -3.13. The van der Waals surface area contributed by atoms with Gasteiger partial charge in [0.05, 0.1) is 17.2 Å². The van der Waals surface area contributed by atoms with Crippen molar-refractivity contribution in [3.05, 3.63) is 51.0 Å². The van der Waals surface area contributed by atoms with Crippen molar-refractivity contribution in [1.29, 1.82) is 0 Å². The second-order valence-electron chi connectivity index (χ2n) is 13.8. The summed E-state index contributed by atoms with van der Waals surface area (Å²) in [6, 6.07) is 0.134. The largest absolute Gasteiger partial charge is 0.510 e. The maximum absolute atomic E-state index is 14.9. The standard InChI is InChI=1S/C31H36F3N3O7/c1-36(2)24-17-9-14-8-16-21(25(39)20(14)27(41)29(17)30(43,44-29)23(26(24)40)28(35)42)19(38)10-15(22(16)31(32,33)34)11-37(3)18-7-12-4-5-13(18)6-12/h10,12-14,17-18,24,38,40-41,43H,4-9,11H2,1-3H3,(H2,35,42)/t12?,13?,14-,17-,18-,24-,29-,30?/m0/s1. The number of primary amides is 1. The van der Waals surface area contributed by atoms with E-state index in [-0.39, 0.29) is 42.1 Å². The number of epoxide rings is 1. The number of amides is 1. The number of nitrogens with zero attached hydrogens (tertiary/aromatic N) is 2. The molecule has 1 aliphatic heterocycles. The molecule has 2 saturated carbocycles. The highest BCUT2D eigenvalue weighted by molar-refractivity contribution is 6.14. The van der Waals surface area contributed by atoms with E-state index in [0.29, 0.717) is 11.8 Å². The minimum absolute atomic E-state index is 0.0553. The summed E-state index contributed by atoms with van der Waals surface area (Å²) in [5.41, 5.74) is 0.534. The van der Waals surface area contributed by atoms with Gasteiger partial charge in [-0.3, -0.25) is 19.4 Å². The van der Waals surface area contributed by atoms with E-state index in [1.54, 1.807) is 21.1 Å². The van der Waals surface area contributed by atoms with Crippen LogP contribution in [0.3, 0.4) is 0 Å². The Morgan fingerprint density at radius 2 is 1.84 bits per heavy atom. The van der Waals surface area contributed by atoms with E-state index < -0.39 is 81.1 Å². The number of allylic oxidation sites excluding steroid dienone is 1. The molecule has 1 aromatic carbocycles. The van der Waals surface area contributed by atoms with Crippen LogP contribution >= 0.6 is 0 Å². The number of aromatic hydroxyl groups is 1. The van der Waals surface area contributed by atoms with Crippen molar-refractivity contribution in [2.45, 2.75) is 74.7 Å². The first-order valence-corrected chi connectivity index (χ1v) is 15.0. The fraction of sp³-hybridized carbons (Fsp3) is 0.613. The van der Waals surface area contributed by atoms with Crippen LogP contribution in [0.25, 0.3) is 0 Å². The molecule has 10 nitrogen and oxygen atoms in total. The number of hydrogen-bond donors (Lipinski definition) is 5. The summed E-state index contributed by atoms with van der Waals surface area (Å²) in [5.74, 6) is -7.54. The molecule has 3 fully saturated rings. The van der Waals surface area contributed by atoms with E-state index in [1.807, 2.05) is 4.90 Å². The van der Waals surface area contributed by atoms with Crippen molar-refractivity contribution >= 4 is 11.7 Å². The molecule has 0 aromatic heterocycles. The molecule has 7 rings (SSSR count). The molecule has 0 radical (unpaired) electrons. The van der Waals surface area contributed by atoms with Crippen LogP contribution in [0.15, 0.2) is 28.7 Å². The highest BCUT2D eigenvalue weighted by Gasteiger charge is 2.84. The van der Waals surface area contributed by atoms with Gasteiger partial charge >= 0.3 is 6.18 Å². The quantitative estimate of drug-likeness (QED) is 0.312. The molecule has 6 N–H and O–H groups in total. The number of likely N-dealkylation sites (N-methyl/N-ethyl adjacent to an activating group) is 1. The number of fused-ring (bicyclic) bond motifs is 4. The van der Waals surface area contributed by atoms with Gasteiger partial charge in [0.25, 0.3) is 5.91 Å². The molecule has 238 valence electrons. The number of aliphatic hydroxyl groups is 3. The molecule has 1 saturated heterocycles. The van der Waals surface area contributed by atoms with Crippen molar-refractivity contribution < 1.29 is 47.9 Å². The zero-order valence-corrected chi connectivity index (χ0v) is 24.6. The van der Waals surface area contributed by atoms with Gasteiger partial charge in [-0.05, 0) is 88.2 Å². The third-order valence-corrected chi connectivity index (χ3v) is 11.3. The van der Waals surface area contributed by atoms with Gasteiger partial charge in [-0.25, -0.2) is 0 Å². The van der Waals surface area contributed by atoms with Crippen molar-refractivity contribution in [2.75, 3.05) is 21.1 Å². The summed E-state index contributed by atoms with van der Waals surface area (Å²) in [4.78, 5) is 29.7. The van der Waals surface area contributed by atoms with Crippen LogP contribution < -0.4 is 5.73 Å². The van der Waals surface area contributed by atoms with Crippen LogP contribution in [0, 0.1) is 23.7 Å². The van der Waals surface area contributed by atoms with Crippen molar-refractivity contribution in [3.63, 3.8) is 0 Å². The number of hydrogen-bond acceptors (Lipinski definition) is 9. The summed E-state index contributed by atoms with van der Waals surface area (Å²) < 4.78 is 50.3. The Bertz CT molecular complexity index is 1570. The predicted octanol–water partition coefficient (Wildman–Crippen LogP) is 2.92. The lowest BCUT2D eigenvalue weighted by Crippen LogP contribution is -2.57. The van der Waals surface area contributed by atoms with Crippen LogP contribution in [-0.4, -0.2) is 86.5 Å². The lowest BCUT2D eigenvalue weighted by Gasteiger charge is -2.46. The van der Waals surface area contributed by atoms with Gasteiger partial charge in [0.1, 0.15) is 22.8 Å². The first kappa shape index (κ1) is 29.6. The number of phenols is 1. The molecular weight excluding hydrogens is 583 g/mol. The van der Waals surface area contributed by atoms with Crippen LogP contribution in [0.2, 0.25) is 0 Å².